The van der Waals surface area contributed by atoms with E-state index in [1.54, 1.807) is 13.0 Å². The monoisotopic (exact) mass is 529 g/mol. The summed E-state index contributed by atoms with van der Waals surface area (Å²) >= 11 is 0. The molecule has 6 heteroatoms. The summed E-state index contributed by atoms with van der Waals surface area (Å²) in [7, 11) is 0. The molecule has 4 rings (SSSR count). The van der Waals surface area contributed by atoms with E-state index in [1.165, 1.54) is 28.3 Å². The van der Waals surface area contributed by atoms with Crippen LogP contribution in [0.15, 0.2) is 54.6 Å². The van der Waals surface area contributed by atoms with Gasteiger partial charge in [-0.2, -0.15) is 0 Å². The molecular formula is C33H39NO5. The summed E-state index contributed by atoms with van der Waals surface area (Å²) in [5, 5.41) is 0. The fourth-order valence-corrected chi connectivity index (χ4v) is 4.95. The van der Waals surface area contributed by atoms with Gasteiger partial charge in [-0.05, 0) is 60.4 Å². The van der Waals surface area contributed by atoms with Gasteiger partial charge in [0.05, 0.1) is 30.9 Å². The summed E-state index contributed by atoms with van der Waals surface area (Å²) in [6.07, 6.45) is 6.17. The molecule has 2 N–H and O–H groups in total. The van der Waals surface area contributed by atoms with Gasteiger partial charge < -0.3 is 24.7 Å². The molecule has 3 aromatic carbocycles. The van der Waals surface area contributed by atoms with E-state index in [1.807, 2.05) is 6.92 Å². The lowest BCUT2D eigenvalue weighted by Gasteiger charge is -2.26. The van der Waals surface area contributed by atoms with E-state index in [2.05, 4.69) is 56.3 Å². The molecule has 0 aromatic heterocycles. The van der Waals surface area contributed by atoms with Crippen LogP contribution in [0, 0.1) is 0 Å². The Bertz CT molecular complexity index is 1340. The minimum absolute atomic E-state index is 0.0935. The van der Waals surface area contributed by atoms with Gasteiger partial charge in [-0.3, -0.25) is 0 Å². The molecule has 0 bridgehead atoms. The average Bonchev–Trinajstić information content (AvgIpc) is 3.33. The zero-order valence-corrected chi connectivity index (χ0v) is 23.5. The number of esters is 1. The molecule has 0 aliphatic heterocycles. The Kier molecular flexibility index (Phi) is 9.66. The van der Waals surface area contributed by atoms with Gasteiger partial charge in [0, 0.05) is 12.6 Å². The predicted octanol–water partition coefficient (Wildman–Crippen LogP) is 7.23. The van der Waals surface area contributed by atoms with E-state index >= 15 is 0 Å². The lowest BCUT2D eigenvalue weighted by Crippen LogP contribution is -2.15. The number of rotatable bonds is 13. The lowest BCUT2D eigenvalue weighted by molar-refractivity contribution is -0.129. The van der Waals surface area contributed by atoms with Crippen LogP contribution in [-0.2, 0) is 17.8 Å². The van der Waals surface area contributed by atoms with Gasteiger partial charge in [0.15, 0.2) is 11.5 Å². The number of nitrogens with two attached hydrogens (primary N) is 1. The van der Waals surface area contributed by atoms with Gasteiger partial charge in [0.1, 0.15) is 5.75 Å². The van der Waals surface area contributed by atoms with E-state index in [0.29, 0.717) is 42.6 Å². The molecule has 1 aliphatic carbocycles. The van der Waals surface area contributed by atoms with Crippen molar-refractivity contribution in [2.24, 2.45) is 5.73 Å². The summed E-state index contributed by atoms with van der Waals surface area (Å²) in [5.74, 6) is 1.21. The maximum Gasteiger partial charge on any atom is 0.335 e. The van der Waals surface area contributed by atoms with Crippen molar-refractivity contribution in [1.29, 1.82) is 0 Å². The molecule has 6 nitrogen and oxygen atoms in total. The maximum atomic E-state index is 12.7. The number of ether oxygens (including phenoxy) is 4. The largest absolute Gasteiger partial charge is 0.492 e. The minimum Gasteiger partial charge on any atom is -0.492 e. The van der Waals surface area contributed by atoms with E-state index in [0.717, 1.165) is 36.8 Å². The van der Waals surface area contributed by atoms with Gasteiger partial charge in [-0.25, -0.2) is 4.79 Å². The standard InChI is InChI=1S/C33H39NO5/c1-5-12-28(35)39-31-27(21-34)30(36-17-6-2)29(32(37-18-7-3)33(31)38-19-8-4)25-16-11-15-24-23-14-10-9-13-22(23)20-26(24)25/h5,9-16H,6-8,17-21,34H2,1-4H3. The number of allylic oxidation sites excluding steroid dienone is 1. The number of carbonyl (C=O) groups excluding carboxylic acids is 1. The second kappa shape index (κ2) is 13.3. The Morgan fingerprint density at radius 1 is 0.795 bits per heavy atom. The van der Waals surface area contributed by atoms with Crippen LogP contribution in [0.3, 0.4) is 0 Å². The molecule has 0 unspecified atom stereocenters. The van der Waals surface area contributed by atoms with Crippen LogP contribution < -0.4 is 24.7 Å². The van der Waals surface area contributed by atoms with Gasteiger partial charge in [-0.15, -0.1) is 0 Å². The van der Waals surface area contributed by atoms with Crippen molar-refractivity contribution in [2.75, 3.05) is 19.8 Å². The third-order valence-electron chi connectivity index (χ3n) is 6.60. The number of fused-ring (bicyclic) bond motifs is 3. The van der Waals surface area contributed by atoms with Gasteiger partial charge in [0.25, 0.3) is 0 Å². The molecule has 3 aromatic rings. The van der Waals surface area contributed by atoms with Crippen molar-refractivity contribution in [3.8, 4) is 45.3 Å². The first-order chi connectivity index (χ1) is 19.1. The van der Waals surface area contributed by atoms with Crippen molar-refractivity contribution in [3.05, 3.63) is 71.3 Å². The average molecular weight is 530 g/mol. The van der Waals surface area contributed by atoms with Crippen LogP contribution in [0.25, 0.3) is 22.3 Å². The number of carbonyl (C=O) groups is 1. The Morgan fingerprint density at radius 2 is 1.41 bits per heavy atom. The van der Waals surface area contributed by atoms with Crippen LogP contribution in [-0.4, -0.2) is 25.8 Å². The Hall–Kier alpha value is -3.77. The zero-order valence-electron chi connectivity index (χ0n) is 23.5. The smallest absolute Gasteiger partial charge is 0.335 e. The normalized spacial score (nSPS) is 11.8. The molecule has 0 radical (unpaired) electrons. The lowest BCUT2D eigenvalue weighted by atomic mass is 9.92. The van der Waals surface area contributed by atoms with Crippen LogP contribution in [0.1, 0.15) is 63.6 Å². The summed E-state index contributed by atoms with van der Waals surface area (Å²) in [5.41, 5.74) is 13.7. The van der Waals surface area contributed by atoms with Crippen LogP contribution in [0.5, 0.6) is 23.0 Å². The van der Waals surface area contributed by atoms with Crippen molar-refractivity contribution < 1.29 is 23.7 Å². The van der Waals surface area contributed by atoms with Crippen LogP contribution in [0.2, 0.25) is 0 Å². The van der Waals surface area contributed by atoms with Crippen molar-refractivity contribution in [1.82, 2.24) is 0 Å². The Labute approximate surface area is 231 Å². The highest BCUT2D eigenvalue weighted by Gasteiger charge is 2.33. The Morgan fingerprint density at radius 3 is 2.08 bits per heavy atom. The summed E-state index contributed by atoms with van der Waals surface area (Å²) in [6, 6.07) is 14.8. The van der Waals surface area contributed by atoms with E-state index in [-0.39, 0.29) is 12.3 Å². The predicted molar refractivity (Wildman–Crippen MR) is 156 cm³/mol. The highest BCUT2D eigenvalue weighted by atomic mass is 16.6. The fraction of sp³-hybridized carbons (Fsp3) is 0.364. The third-order valence-corrected chi connectivity index (χ3v) is 6.60. The maximum absolute atomic E-state index is 12.7. The highest BCUT2D eigenvalue weighted by molar-refractivity contribution is 5.93. The van der Waals surface area contributed by atoms with Crippen molar-refractivity contribution in [2.45, 2.75) is 59.9 Å². The molecule has 206 valence electrons. The zero-order chi connectivity index (χ0) is 27.8. The van der Waals surface area contributed by atoms with E-state index < -0.39 is 5.97 Å². The summed E-state index contributed by atoms with van der Waals surface area (Å²) in [4.78, 5) is 12.7. The van der Waals surface area contributed by atoms with Crippen LogP contribution >= 0.6 is 0 Å². The quantitative estimate of drug-likeness (QED) is 0.112. The van der Waals surface area contributed by atoms with Crippen LogP contribution in [0.4, 0.5) is 0 Å². The fourth-order valence-electron chi connectivity index (χ4n) is 4.95. The molecule has 0 saturated heterocycles. The van der Waals surface area contributed by atoms with Gasteiger partial charge in [0.2, 0.25) is 5.75 Å². The third kappa shape index (κ3) is 5.81. The molecule has 0 fully saturated rings. The SMILES string of the molecule is CC=CC(=O)Oc1c(CN)c(OCCC)c(-c2cccc3c2Cc2ccccc2-3)c(OCCC)c1OCCC. The van der Waals surface area contributed by atoms with Gasteiger partial charge in [-0.1, -0.05) is 69.3 Å². The number of benzene rings is 3. The highest BCUT2D eigenvalue weighted by Crippen LogP contribution is 2.56. The van der Waals surface area contributed by atoms with Crippen molar-refractivity contribution in [3.63, 3.8) is 0 Å². The molecule has 0 amide bonds. The first kappa shape index (κ1) is 28.2. The second-order valence-corrected chi connectivity index (χ2v) is 9.51. The summed E-state index contributed by atoms with van der Waals surface area (Å²) in [6.45, 7) is 9.36. The molecular weight excluding hydrogens is 490 g/mol. The van der Waals surface area contributed by atoms with E-state index in [9.17, 15) is 4.79 Å². The van der Waals surface area contributed by atoms with Gasteiger partial charge >= 0.3 is 5.97 Å². The molecule has 39 heavy (non-hydrogen) atoms. The van der Waals surface area contributed by atoms with Crippen molar-refractivity contribution >= 4 is 5.97 Å². The second-order valence-electron chi connectivity index (χ2n) is 9.51. The molecule has 0 heterocycles. The Balaban J connectivity index is 2.07. The topological polar surface area (TPSA) is 80.0 Å². The first-order valence-corrected chi connectivity index (χ1v) is 14.0. The first-order valence-electron chi connectivity index (χ1n) is 14.0. The molecule has 1 aliphatic rings. The number of hydrogen-bond donors (Lipinski definition) is 1. The molecule has 0 atom stereocenters. The summed E-state index contributed by atoms with van der Waals surface area (Å²) < 4.78 is 25.1. The minimum atomic E-state index is -0.514. The van der Waals surface area contributed by atoms with E-state index in [4.69, 9.17) is 24.7 Å². The molecule has 0 saturated carbocycles. The number of hydrogen-bond acceptors (Lipinski definition) is 6. The molecule has 0 spiro atoms.